The Morgan fingerprint density at radius 2 is 1.90 bits per heavy atom. The molecule has 0 spiro atoms. The number of carbonyl (C=O) groups is 1. The number of hydrogen-bond donors (Lipinski definition) is 1. The van der Waals surface area contributed by atoms with Gasteiger partial charge in [-0.15, -0.1) is 0 Å². The fourth-order valence-electron chi connectivity index (χ4n) is 3.34. The number of halogens is 3. The number of aryl methyl sites for hydroxylation is 1. The zero-order valence-electron chi connectivity index (χ0n) is 16.8. The van der Waals surface area contributed by atoms with Gasteiger partial charge in [0.2, 0.25) is 0 Å². The van der Waals surface area contributed by atoms with Crippen LogP contribution in [0.4, 0.5) is 4.39 Å². The molecule has 0 radical (unpaired) electrons. The summed E-state index contributed by atoms with van der Waals surface area (Å²) in [4.78, 5) is 12.8. The van der Waals surface area contributed by atoms with Crippen LogP contribution in [0.15, 0.2) is 36.4 Å². The van der Waals surface area contributed by atoms with Crippen molar-refractivity contribution in [3.8, 4) is 11.5 Å². The van der Waals surface area contributed by atoms with E-state index in [0.29, 0.717) is 47.5 Å². The van der Waals surface area contributed by atoms with Gasteiger partial charge in [0.15, 0.2) is 11.5 Å². The highest BCUT2D eigenvalue weighted by molar-refractivity contribution is 6.33. The summed E-state index contributed by atoms with van der Waals surface area (Å²) in [5.74, 6) is 0.420. The molecular weight excluding hydrogens is 444 g/mol. The zero-order chi connectivity index (χ0) is 22.0. The number of nitrogens with zero attached hydrogens (tertiary/aromatic N) is 2. The number of benzene rings is 2. The normalized spacial score (nSPS) is 13.0. The second-order valence-electron chi connectivity index (χ2n) is 7.17. The van der Waals surface area contributed by atoms with E-state index in [2.05, 4.69) is 10.4 Å². The molecule has 1 N–H and O–H groups in total. The number of fused-ring (bicyclic) bond motifs is 1. The van der Waals surface area contributed by atoms with Crippen molar-refractivity contribution in [3.05, 3.63) is 74.8 Å². The van der Waals surface area contributed by atoms with Gasteiger partial charge >= 0.3 is 0 Å². The van der Waals surface area contributed by atoms with Crippen LogP contribution in [0.3, 0.4) is 0 Å². The molecule has 162 valence electrons. The van der Waals surface area contributed by atoms with Crippen LogP contribution in [-0.2, 0) is 13.1 Å². The van der Waals surface area contributed by atoms with E-state index in [1.54, 1.807) is 31.2 Å². The third-order valence-corrected chi connectivity index (χ3v) is 5.52. The Hall–Kier alpha value is -2.77. The third-order valence-electron chi connectivity index (χ3n) is 4.85. The second kappa shape index (κ2) is 9.16. The SMILES string of the molecule is Cc1nn(Cc2ccc(F)cc2)c(Cl)c1C(=O)NCc1cc(Cl)c2c(c1)OCCCO2. The van der Waals surface area contributed by atoms with Gasteiger partial charge in [-0.3, -0.25) is 4.79 Å². The van der Waals surface area contributed by atoms with Gasteiger partial charge in [0, 0.05) is 13.0 Å². The minimum atomic E-state index is -0.351. The number of carbonyl (C=O) groups excluding carboxylic acids is 1. The quantitative estimate of drug-likeness (QED) is 0.591. The molecule has 0 saturated carbocycles. The van der Waals surface area contributed by atoms with Gasteiger partial charge in [0.1, 0.15) is 11.0 Å². The Morgan fingerprint density at radius 3 is 2.68 bits per heavy atom. The summed E-state index contributed by atoms with van der Waals surface area (Å²) < 4.78 is 25.9. The highest BCUT2D eigenvalue weighted by atomic mass is 35.5. The molecule has 2 heterocycles. The zero-order valence-corrected chi connectivity index (χ0v) is 18.3. The third kappa shape index (κ3) is 4.78. The lowest BCUT2D eigenvalue weighted by atomic mass is 10.2. The largest absolute Gasteiger partial charge is 0.489 e. The van der Waals surface area contributed by atoms with Gasteiger partial charge in [-0.25, -0.2) is 9.07 Å². The minimum absolute atomic E-state index is 0.219. The van der Waals surface area contributed by atoms with Crippen molar-refractivity contribution in [2.45, 2.75) is 26.4 Å². The van der Waals surface area contributed by atoms with E-state index in [9.17, 15) is 9.18 Å². The Balaban J connectivity index is 1.48. The molecular formula is C22H20Cl2FN3O3. The molecule has 0 unspecified atom stereocenters. The van der Waals surface area contributed by atoms with Crippen LogP contribution in [0.5, 0.6) is 11.5 Å². The van der Waals surface area contributed by atoms with E-state index in [4.69, 9.17) is 32.7 Å². The summed E-state index contributed by atoms with van der Waals surface area (Å²) in [6.45, 7) is 3.36. The average Bonchev–Trinajstić information content (AvgIpc) is 2.90. The van der Waals surface area contributed by atoms with E-state index < -0.39 is 0 Å². The first-order valence-electron chi connectivity index (χ1n) is 9.76. The van der Waals surface area contributed by atoms with E-state index in [1.165, 1.54) is 16.8 Å². The minimum Gasteiger partial charge on any atom is -0.489 e. The van der Waals surface area contributed by atoms with Crippen LogP contribution in [0.25, 0.3) is 0 Å². The Bertz CT molecular complexity index is 1120. The number of ether oxygens (including phenoxy) is 2. The molecule has 4 rings (SSSR count). The molecule has 1 aliphatic rings. The van der Waals surface area contributed by atoms with Crippen molar-refractivity contribution in [1.82, 2.24) is 15.1 Å². The number of aromatic nitrogens is 2. The van der Waals surface area contributed by atoms with E-state index in [-0.39, 0.29) is 23.4 Å². The number of nitrogens with one attached hydrogen (secondary N) is 1. The number of hydrogen-bond acceptors (Lipinski definition) is 4. The molecule has 2 aromatic carbocycles. The van der Waals surface area contributed by atoms with Crippen molar-refractivity contribution in [2.75, 3.05) is 13.2 Å². The van der Waals surface area contributed by atoms with Gasteiger partial charge < -0.3 is 14.8 Å². The molecule has 9 heteroatoms. The van der Waals surface area contributed by atoms with Crippen molar-refractivity contribution in [1.29, 1.82) is 0 Å². The molecule has 3 aromatic rings. The van der Waals surface area contributed by atoms with Crippen molar-refractivity contribution >= 4 is 29.1 Å². The molecule has 1 amide bonds. The van der Waals surface area contributed by atoms with Gasteiger partial charge in [-0.05, 0) is 42.3 Å². The smallest absolute Gasteiger partial charge is 0.256 e. The molecule has 0 aliphatic carbocycles. The monoisotopic (exact) mass is 463 g/mol. The van der Waals surface area contributed by atoms with Gasteiger partial charge in [0.05, 0.1) is 36.0 Å². The molecule has 6 nitrogen and oxygen atoms in total. The molecule has 1 aliphatic heterocycles. The van der Waals surface area contributed by atoms with Gasteiger partial charge in [-0.1, -0.05) is 35.3 Å². The van der Waals surface area contributed by atoms with Gasteiger partial charge in [-0.2, -0.15) is 5.10 Å². The Labute approximate surface area is 188 Å². The highest BCUT2D eigenvalue weighted by Gasteiger charge is 2.21. The summed E-state index contributed by atoms with van der Waals surface area (Å²) >= 11 is 12.8. The van der Waals surface area contributed by atoms with Crippen LogP contribution < -0.4 is 14.8 Å². The topological polar surface area (TPSA) is 65.4 Å². The summed E-state index contributed by atoms with van der Waals surface area (Å²) in [7, 11) is 0. The van der Waals surface area contributed by atoms with E-state index >= 15 is 0 Å². The fourth-order valence-corrected chi connectivity index (χ4v) is 3.94. The molecule has 31 heavy (non-hydrogen) atoms. The van der Waals surface area contributed by atoms with Crippen LogP contribution in [0.2, 0.25) is 10.2 Å². The molecule has 1 aromatic heterocycles. The first-order valence-corrected chi connectivity index (χ1v) is 10.5. The summed E-state index contributed by atoms with van der Waals surface area (Å²) in [5.41, 5.74) is 2.39. The summed E-state index contributed by atoms with van der Waals surface area (Å²) in [5, 5.41) is 7.86. The Morgan fingerprint density at radius 1 is 1.16 bits per heavy atom. The van der Waals surface area contributed by atoms with E-state index in [1.807, 2.05) is 0 Å². The van der Waals surface area contributed by atoms with Crippen LogP contribution in [-0.4, -0.2) is 28.9 Å². The molecule has 0 atom stereocenters. The number of amides is 1. The van der Waals surface area contributed by atoms with Gasteiger partial charge in [0.25, 0.3) is 5.91 Å². The molecule has 0 fully saturated rings. The predicted octanol–water partition coefficient (Wildman–Crippen LogP) is 4.78. The van der Waals surface area contributed by atoms with Crippen molar-refractivity contribution < 1.29 is 18.7 Å². The lowest BCUT2D eigenvalue weighted by molar-refractivity contribution is 0.0950. The highest BCUT2D eigenvalue weighted by Crippen LogP contribution is 2.38. The van der Waals surface area contributed by atoms with Crippen molar-refractivity contribution in [2.24, 2.45) is 0 Å². The number of rotatable bonds is 5. The maximum Gasteiger partial charge on any atom is 0.256 e. The lowest BCUT2D eigenvalue weighted by Gasteiger charge is -2.12. The first-order chi connectivity index (χ1) is 14.9. The molecule has 0 saturated heterocycles. The predicted molar refractivity (Wildman–Crippen MR) is 116 cm³/mol. The van der Waals surface area contributed by atoms with Crippen LogP contribution in [0.1, 0.15) is 33.6 Å². The molecule has 0 bridgehead atoms. The standard InChI is InChI=1S/C22H20Cl2FN3O3/c1-13-19(21(24)28(27-13)12-14-3-5-16(25)6-4-14)22(29)26-11-15-9-17(23)20-18(10-15)30-7-2-8-31-20/h3-6,9-10H,2,7-8,11-12H2,1H3,(H,26,29). The second-order valence-corrected chi connectivity index (χ2v) is 7.94. The van der Waals surface area contributed by atoms with Crippen LogP contribution >= 0.6 is 23.2 Å². The average molecular weight is 464 g/mol. The maximum atomic E-state index is 13.1. The van der Waals surface area contributed by atoms with Crippen LogP contribution in [0, 0.1) is 12.7 Å². The summed E-state index contributed by atoms with van der Waals surface area (Å²) in [6.07, 6.45) is 0.775. The lowest BCUT2D eigenvalue weighted by Crippen LogP contribution is -2.23. The van der Waals surface area contributed by atoms with Crippen molar-refractivity contribution in [3.63, 3.8) is 0 Å². The first kappa shape index (κ1) is 21.5. The Kier molecular flexibility index (Phi) is 6.34. The van der Waals surface area contributed by atoms with E-state index in [0.717, 1.165) is 17.5 Å². The summed E-state index contributed by atoms with van der Waals surface area (Å²) in [6, 6.07) is 9.58. The fraction of sp³-hybridized carbons (Fsp3) is 0.273. The maximum absolute atomic E-state index is 13.1.